The van der Waals surface area contributed by atoms with Crippen molar-refractivity contribution in [3.8, 4) is 0 Å². The van der Waals surface area contributed by atoms with Gasteiger partial charge in [-0.25, -0.2) is 0 Å². The standard InChI is InChI=1S/C20H18N4O4/c25-23(26)16-7-1-4-13(11-16)10-14-6-3-9-18-19(14)21-22-20(18)15-5-2-8-17(12-15)24(27)28/h1-2,4-5,7-8,10-12,18,20,22H,3,6,9H2/b14-10+/t18-,20+/m1/s1. The molecule has 8 heteroatoms. The predicted molar refractivity (Wildman–Crippen MR) is 105 cm³/mol. The highest BCUT2D eigenvalue weighted by molar-refractivity contribution is 6.07. The van der Waals surface area contributed by atoms with E-state index in [1.165, 1.54) is 12.1 Å². The first-order chi connectivity index (χ1) is 13.5. The van der Waals surface area contributed by atoms with Crippen LogP contribution in [0.4, 0.5) is 11.4 Å². The third-order valence-corrected chi connectivity index (χ3v) is 5.23. The first kappa shape index (κ1) is 17.8. The third kappa shape index (κ3) is 3.36. The van der Waals surface area contributed by atoms with Crippen LogP contribution in [0, 0.1) is 26.1 Å². The summed E-state index contributed by atoms with van der Waals surface area (Å²) in [5, 5.41) is 26.6. The van der Waals surface area contributed by atoms with Crippen molar-refractivity contribution in [2.45, 2.75) is 25.3 Å². The number of nitrogens with one attached hydrogen (secondary N) is 1. The Kier molecular flexibility index (Phi) is 4.60. The van der Waals surface area contributed by atoms with Crippen molar-refractivity contribution in [1.82, 2.24) is 5.43 Å². The zero-order chi connectivity index (χ0) is 19.7. The zero-order valence-corrected chi connectivity index (χ0v) is 14.9. The summed E-state index contributed by atoms with van der Waals surface area (Å²) in [6.07, 6.45) is 4.71. The largest absolute Gasteiger partial charge is 0.302 e. The second-order valence-electron chi connectivity index (χ2n) is 6.98. The molecule has 2 atom stereocenters. The van der Waals surface area contributed by atoms with Gasteiger partial charge in [-0.2, -0.15) is 5.10 Å². The minimum Gasteiger partial charge on any atom is -0.302 e. The molecule has 1 fully saturated rings. The molecule has 0 radical (unpaired) electrons. The minimum absolute atomic E-state index is 0.0580. The molecule has 0 bridgehead atoms. The summed E-state index contributed by atoms with van der Waals surface area (Å²) in [6, 6.07) is 13.1. The molecule has 0 unspecified atom stereocenters. The van der Waals surface area contributed by atoms with Gasteiger partial charge >= 0.3 is 0 Å². The molecular formula is C20H18N4O4. The Morgan fingerprint density at radius 2 is 1.75 bits per heavy atom. The number of nitrogens with zero attached hydrogens (tertiary/aromatic N) is 3. The van der Waals surface area contributed by atoms with Gasteiger partial charge in [0.1, 0.15) is 0 Å². The molecule has 1 aliphatic heterocycles. The summed E-state index contributed by atoms with van der Waals surface area (Å²) >= 11 is 0. The van der Waals surface area contributed by atoms with E-state index < -0.39 is 9.85 Å². The number of non-ortho nitro benzene ring substituents is 2. The predicted octanol–water partition coefficient (Wildman–Crippen LogP) is 4.39. The van der Waals surface area contributed by atoms with Crippen LogP contribution in [0.25, 0.3) is 6.08 Å². The number of benzene rings is 2. The molecule has 2 aliphatic rings. The van der Waals surface area contributed by atoms with Crippen molar-refractivity contribution >= 4 is 23.2 Å². The molecule has 2 aromatic carbocycles. The zero-order valence-electron chi connectivity index (χ0n) is 14.9. The highest BCUT2D eigenvalue weighted by Crippen LogP contribution is 2.40. The summed E-state index contributed by atoms with van der Waals surface area (Å²) in [5.41, 5.74) is 6.87. The Bertz CT molecular complexity index is 1010. The summed E-state index contributed by atoms with van der Waals surface area (Å²) in [5.74, 6) is 0.126. The SMILES string of the molecule is O=[N+]([O-])c1cccc(/C=C2\CCC[C@@H]3C2=NN[C@H]3c2cccc([N+](=O)[O-])c2)c1. The van der Waals surface area contributed by atoms with Crippen molar-refractivity contribution in [1.29, 1.82) is 0 Å². The van der Waals surface area contributed by atoms with E-state index in [0.29, 0.717) is 0 Å². The highest BCUT2D eigenvalue weighted by atomic mass is 16.6. The number of hydrazone groups is 1. The fraction of sp³-hybridized carbons (Fsp3) is 0.250. The molecule has 0 saturated heterocycles. The van der Waals surface area contributed by atoms with E-state index in [1.54, 1.807) is 24.3 Å². The molecule has 1 N–H and O–H groups in total. The lowest BCUT2D eigenvalue weighted by atomic mass is 9.78. The Labute approximate surface area is 160 Å². The Morgan fingerprint density at radius 1 is 1.04 bits per heavy atom. The van der Waals surface area contributed by atoms with Gasteiger partial charge in [0.15, 0.2) is 0 Å². The van der Waals surface area contributed by atoms with Crippen molar-refractivity contribution in [2.24, 2.45) is 11.0 Å². The lowest BCUT2D eigenvalue weighted by Crippen LogP contribution is -2.25. The van der Waals surface area contributed by atoms with E-state index in [-0.39, 0.29) is 23.3 Å². The second kappa shape index (κ2) is 7.22. The average Bonchev–Trinajstić information content (AvgIpc) is 3.13. The molecule has 0 amide bonds. The van der Waals surface area contributed by atoms with Crippen LogP contribution in [0.2, 0.25) is 0 Å². The van der Waals surface area contributed by atoms with E-state index in [0.717, 1.165) is 41.7 Å². The van der Waals surface area contributed by atoms with E-state index in [1.807, 2.05) is 18.2 Å². The van der Waals surface area contributed by atoms with Gasteiger partial charge in [-0.1, -0.05) is 24.3 Å². The van der Waals surface area contributed by atoms with Gasteiger partial charge in [-0.05, 0) is 42.0 Å². The second-order valence-corrected chi connectivity index (χ2v) is 6.98. The fourth-order valence-electron chi connectivity index (χ4n) is 3.94. The fourth-order valence-corrected chi connectivity index (χ4v) is 3.94. The van der Waals surface area contributed by atoms with Crippen LogP contribution in [0.5, 0.6) is 0 Å². The quantitative estimate of drug-likeness (QED) is 0.627. The van der Waals surface area contributed by atoms with E-state index >= 15 is 0 Å². The van der Waals surface area contributed by atoms with Crippen LogP contribution in [-0.2, 0) is 0 Å². The summed E-state index contributed by atoms with van der Waals surface area (Å²) in [4.78, 5) is 21.3. The van der Waals surface area contributed by atoms with Gasteiger partial charge in [0.05, 0.1) is 21.6 Å². The van der Waals surface area contributed by atoms with Gasteiger partial charge in [0.2, 0.25) is 0 Å². The van der Waals surface area contributed by atoms with Crippen LogP contribution < -0.4 is 5.43 Å². The third-order valence-electron chi connectivity index (χ3n) is 5.23. The monoisotopic (exact) mass is 378 g/mol. The van der Waals surface area contributed by atoms with Gasteiger partial charge in [0.25, 0.3) is 11.4 Å². The molecule has 28 heavy (non-hydrogen) atoms. The summed E-state index contributed by atoms with van der Waals surface area (Å²) in [7, 11) is 0. The normalized spacial score (nSPS) is 22.3. The number of rotatable bonds is 4. The van der Waals surface area contributed by atoms with Crippen molar-refractivity contribution in [3.05, 3.63) is 85.5 Å². The summed E-state index contributed by atoms with van der Waals surface area (Å²) < 4.78 is 0. The Hall–Kier alpha value is -3.55. The number of hydrogen-bond donors (Lipinski definition) is 1. The molecule has 1 saturated carbocycles. The van der Waals surface area contributed by atoms with Gasteiger partial charge < -0.3 is 5.43 Å². The summed E-state index contributed by atoms with van der Waals surface area (Å²) in [6.45, 7) is 0. The first-order valence-electron chi connectivity index (χ1n) is 9.06. The number of nitro benzene ring substituents is 2. The van der Waals surface area contributed by atoms with E-state index in [2.05, 4.69) is 10.5 Å². The van der Waals surface area contributed by atoms with E-state index in [9.17, 15) is 20.2 Å². The topological polar surface area (TPSA) is 111 Å². The van der Waals surface area contributed by atoms with Crippen molar-refractivity contribution in [2.75, 3.05) is 0 Å². The van der Waals surface area contributed by atoms with Crippen LogP contribution in [0.3, 0.4) is 0 Å². The smallest absolute Gasteiger partial charge is 0.270 e. The van der Waals surface area contributed by atoms with Gasteiger partial charge in [-0.3, -0.25) is 20.2 Å². The lowest BCUT2D eigenvalue weighted by Gasteiger charge is -2.26. The Balaban J connectivity index is 1.62. The maximum atomic E-state index is 11.1. The number of hydrogen-bond acceptors (Lipinski definition) is 6. The van der Waals surface area contributed by atoms with Crippen LogP contribution in [0.1, 0.15) is 36.4 Å². The number of allylic oxidation sites excluding steroid dienone is 1. The molecule has 142 valence electrons. The van der Waals surface area contributed by atoms with E-state index in [4.69, 9.17) is 0 Å². The van der Waals surface area contributed by atoms with Crippen molar-refractivity contribution in [3.63, 3.8) is 0 Å². The highest BCUT2D eigenvalue weighted by Gasteiger charge is 2.37. The molecule has 4 rings (SSSR count). The van der Waals surface area contributed by atoms with Crippen LogP contribution >= 0.6 is 0 Å². The van der Waals surface area contributed by atoms with Crippen LogP contribution in [-0.4, -0.2) is 15.6 Å². The maximum Gasteiger partial charge on any atom is 0.270 e. The molecule has 0 spiro atoms. The molecule has 2 aromatic rings. The van der Waals surface area contributed by atoms with Crippen LogP contribution in [0.15, 0.2) is 59.2 Å². The molecule has 1 heterocycles. The molecular weight excluding hydrogens is 360 g/mol. The van der Waals surface area contributed by atoms with Gasteiger partial charge in [0, 0.05) is 30.2 Å². The number of fused-ring (bicyclic) bond motifs is 1. The molecule has 1 aliphatic carbocycles. The first-order valence-corrected chi connectivity index (χ1v) is 9.06. The lowest BCUT2D eigenvalue weighted by molar-refractivity contribution is -0.385. The Morgan fingerprint density at radius 3 is 2.50 bits per heavy atom. The number of nitro groups is 2. The average molecular weight is 378 g/mol. The maximum absolute atomic E-state index is 11.1. The van der Waals surface area contributed by atoms with Crippen molar-refractivity contribution < 1.29 is 9.85 Å². The minimum atomic E-state index is -0.404. The molecule has 0 aromatic heterocycles. The van der Waals surface area contributed by atoms with Gasteiger partial charge in [-0.15, -0.1) is 0 Å². The molecule has 8 nitrogen and oxygen atoms in total.